The second kappa shape index (κ2) is 8.63. The number of hydrogen-bond donors (Lipinski definition) is 2. The average molecular weight is 401 g/mol. The third-order valence-electron chi connectivity index (χ3n) is 5.77. The molecule has 2 fully saturated rings. The van der Waals surface area contributed by atoms with Crippen molar-refractivity contribution in [1.82, 2.24) is 10.2 Å². The van der Waals surface area contributed by atoms with E-state index in [1.165, 1.54) is 0 Å². The van der Waals surface area contributed by atoms with Crippen LogP contribution in [0.15, 0.2) is 24.3 Å². The highest BCUT2D eigenvalue weighted by atomic mass is 16.5. The molecule has 1 aromatic carbocycles. The van der Waals surface area contributed by atoms with E-state index in [1.54, 1.807) is 6.07 Å². The van der Waals surface area contributed by atoms with Gasteiger partial charge in [0.25, 0.3) is 11.8 Å². The van der Waals surface area contributed by atoms with Crippen molar-refractivity contribution in [3.63, 3.8) is 0 Å². The molecule has 2 N–H and O–H groups in total. The number of ether oxygens (including phenoxy) is 1. The molecule has 3 rings (SSSR count). The minimum atomic E-state index is -0.919. The number of urea groups is 1. The Hall–Kier alpha value is -2.90. The van der Waals surface area contributed by atoms with Crippen LogP contribution in [0.2, 0.25) is 0 Å². The van der Waals surface area contributed by atoms with Crippen molar-refractivity contribution < 1.29 is 23.9 Å². The first-order chi connectivity index (χ1) is 13.9. The Morgan fingerprint density at radius 3 is 2.83 bits per heavy atom. The summed E-state index contributed by atoms with van der Waals surface area (Å²) in [6, 6.07) is 6.80. The number of esters is 1. The lowest BCUT2D eigenvalue weighted by Gasteiger charge is -2.36. The van der Waals surface area contributed by atoms with Gasteiger partial charge in [0.05, 0.1) is 0 Å². The Bertz CT molecular complexity index is 824. The summed E-state index contributed by atoms with van der Waals surface area (Å²) in [6.07, 6.45) is 4.14. The zero-order valence-corrected chi connectivity index (χ0v) is 16.8. The molecular formula is C21H27N3O5. The Morgan fingerprint density at radius 2 is 2.10 bits per heavy atom. The van der Waals surface area contributed by atoms with Crippen molar-refractivity contribution in [2.75, 3.05) is 18.5 Å². The number of carbonyl (C=O) groups is 4. The van der Waals surface area contributed by atoms with E-state index in [0.29, 0.717) is 12.1 Å². The van der Waals surface area contributed by atoms with Gasteiger partial charge >= 0.3 is 12.0 Å². The normalized spacial score (nSPS) is 23.8. The summed E-state index contributed by atoms with van der Waals surface area (Å²) in [5.74, 6) is -1.65. The lowest BCUT2D eigenvalue weighted by Crippen LogP contribution is -2.54. The van der Waals surface area contributed by atoms with Crippen LogP contribution >= 0.6 is 0 Å². The highest BCUT2D eigenvalue weighted by Crippen LogP contribution is 2.38. The van der Waals surface area contributed by atoms with Crippen molar-refractivity contribution in [2.24, 2.45) is 5.92 Å². The maximum absolute atomic E-state index is 12.8. The molecule has 156 valence electrons. The van der Waals surface area contributed by atoms with E-state index < -0.39 is 36.6 Å². The summed E-state index contributed by atoms with van der Waals surface area (Å²) in [7, 11) is 0. The molecule has 0 radical (unpaired) electrons. The van der Waals surface area contributed by atoms with Crippen LogP contribution in [0.1, 0.15) is 45.1 Å². The van der Waals surface area contributed by atoms with E-state index >= 15 is 0 Å². The molecule has 1 aliphatic carbocycles. The molecule has 0 aromatic heterocycles. The second-order valence-electron chi connectivity index (χ2n) is 7.70. The number of anilines is 1. The lowest BCUT2D eigenvalue weighted by molar-refractivity contribution is -0.150. The Labute approximate surface area is 170 Å². The monoisotopic (exact) mass is 401 g/mol. The number of rotatable bonds is 6. The number of hydrogen-bond acceptors (Lipinski definition) is 5. The van der Waals surface area contributed by atoms with Crippen LogP contribution in [0, 0.1) is 5.92 Å². The smallest absolute Gasteiger partial charge is 0.326 e. The zero-order valence-electron chi connectivity index (χ0n) is 16.8. The van der Waals surface area contributed by atoms with Gasteiger partial charge in [-0.25, -0.2) is 4.79 Å². The van der Waals surface area contributed by atoms with Crippen LogP contribution in [0.3, 0.4) is 0 Å². The van der Waals surface area contributed by atoms with Gasteiger partial charge < -0.3 is 15.4 Å². The minimum absolute atomic E-state index is 0.0124. The van der Waals surface area contributed by atoms with Crippen LogP contribution in [0.25, 0.3) is 0 Å². The number of amides is 4. The molecule has 4 amide bonds. The van der Waals surface area contributed by atoms with E-state index in [2.05, 4.69) is 10.6 Å². The predicted octanol–water partition coefficient (Wildman–Crippen LogP) is 2.23. The van der Waals surface area contributed by atoms with Crippen molar-refractivity contribution in [3.8, 4) is 0 Å². The molecule has 0 unspecified atom stereocenters. The third-order valence-corrected chi connectivity index (χ3v) is 5.77. The average Bonchev–Trinajstić information content (AvgIpc) is 2.94. The van der Waals surface area contributed by atoms with Gasteiger partial charge in [-0.05, 0) is 42.9 Å². The summed E-state index contributed by atoms with van der Waals surface area (Å²) in [5, 5.41) is 5.44. The summed E-state index contributed by atoms with van der Waals surface area (Å²) in [4.78, 5) is 50.2. The molecule has 1 aromatic rings. The predicted molar refractivity (Wildman–Crippen MR) is 106 cm³/mol. The molecule has 1 saturated carbocycles. The standard InChI is InChI=1S/C21H27N3O5/c1-3-15-8-6-9-16(11-15)22-17(25)13-29-18(26)12-24-19(27)21(23-20(24)28)10-5-4-7-14(21)2/h6,8-9,11,14H,3-5,7,10,12-13H2,1-2H3,(H,22,25)(H,23,28)/t14-,21+/m0/s1. The Kier molecular flexibility index (Phi) is 6.20. The van der Waals surface area contributed by atoms with Crippen LogP contribution in [0.4, 0.5) is 10.5 Å². The maximum atomic E-state index is 12.8. The molecule has 1 saturated heterocycles. The topological polar surface area (TPSA) is 105 Å². The molecule has 1 heterocycles. The quantitative estimate of drug-likeness (QED) is 0.562. The molecule has 2 atom stereocenters. The van der Waals surface area contributed by atoms with Gasteiger partial charge in [0.1, 0.15) is 12.1 Å². The highest BCUT2D eigenvalue weighted by Gasteiger charge is 2.55. The van der Waals surface area contributed by atoms with Gasteiger partial charge in [-0.2, -0.15) is 0 Å². The number of nitrogens with one attached hydrogen (secondary N) is 2. The molecule has 2 aliphatic rings. The summed E-state index contributed by atoms with van der Waals surface area (Å²) >= 11 is 0. The van der Waals surface area contributed by atoms with Crippen molar-refractivity contribution in [1.29, 1.82) is 0 Å². The maximum Gasteiger partial charge on any atom is 0.326 e. The first-order valence-electron chi connectivity index (χ1n) is 10.0. The zero-order chi connectivity index (χ0) is 21.0. The van der Waals surface area contributed by atoms with Crippen LogP contribution in [0.5, 0.6) is 0 Å². The fraction of sp³-hybridized carbons (Fsp3) is 0.524. The van der Waals surface area contributed by atoms with Crippen molar-refractivity contribution in [2.45, 2.75) is 51.5 Å². The molecule has 8 nitrogen and oxygen atoms in total. The van der Waals surface area contributed by atoms with Crippen LogP contribution in [-0.4, -0.2) is 47.4 Å². The minimum Gasteiger partial charge on any atom is -0.454 e. The number of aryl methyl sites for hydroxylation is 1. The van der Waals surface area contributed by atoms with Crippen LogP contribution in [-0.2, 0) is 25.5 Å². The van der Waals surface area contributed by atoms with Crippen molar-refractivity contribution >= 4 is 29.5 Å². The fourth-order valence-corrected chi connectivity index (χ4v) is 4.03. The van der Waals surface area contributed by atoms with Gasteiger partial charge in [0.2, 0.25) is 0 Å². The molecular weight excluding hydrogens is 374 g/mol. The highest BCUT2D eigenvalue weighted by molar-refractivity contribution is 6.09. The molecule has 1 spiro atoms. The fourth-order valence-electron chi connectivity index (χ4n) is 4.03. The van der Waals surface area contributed by atoms with E-state index in [1.807, 2.05) is 32.0 Å². The van der Waals surface area contributed by atoms with E-state index in [4.69, 9.17) is 4.74 Å². The summed E-state index contributed by atoms with van der Waals surface area (Å²) in [5.41, 5.74) is 0.772. The van der Waals surface area contributed by atoms with Gasteiger partial charge in [-0.1, -0.05) is 38.8 Å². The SMILES string of the molecule is CCc1cccc(NC(=O)COC(=O)CN2C(=O)N[C@@]3(CCCC[C@@H]3C)C2=O)c1. The van der Waals surface area contributed by atoms with E-state index in [9.17, 15) is 19.2 Å². The number of benzene rings is 1. The third kappa shape index (κ3) is 4.41. The Morgan fingerprint density at radius 1 is 1.31 bits per heavy atom. The number of carbonyl (C=O) groups excluding carboxylic acids is 4. The number of nitrogens with zero attached hydrogens (tertiary/aromatic N) is 1. The van der Waals surface area contributed by atoms with Gasteiger partial charge in [0.15, 0.2) is 6.61 Å². The molecule has 8 heteroatoms. The van der Waals surface area contributed by atoms with Crippen LogP contribution < -0.4 is 10.6 Å². The first kappa shape index (κ1) is 20.8. The van der Waals surface area contributed by atoms with Gasteiger partial charge in [-0.15, -0.1) is 0 Å². The summed E-state index contributed by atoms with van der Waals surface area (Å²) in [6.45, 7) is 2.96. The molecule has 0 bridgehead atoms. The van der Waals surface area contributed by atoms with Gasteiger partial charge in [0, 0.05) is 5.69 Å². The molecule has 29 heavy (non-hydrogen) atoms. The first-order valence-corrected chi connectivity index (χ1v) is 10.0. The van der Waals surface area contributed by atoms with E-state index in [-0.39, 0.29) is 11.8 Å². The van der Waals surface area contributed by atoms with Crippen molar-refractivity contribution in [3.05, 3.63) is 29.8 Å². The number of imide groups is 1. The van der Waals surface area contributed by atoms with Gasteiger partial charge in [-0.3, -0.25) is 19.3 Å². The molecule has 1 aliphatic heterocycles. The summed E-state index contributed by atoms with van der Waals surface area (Å²) < 4.78 is 4.97. The largest absolute Gasteiger partial charge is 0.454 e. The van der Waals surface area contributed by atoms with E-state index in [0.717, 1.165) is 36.1 Å². The Balaban J connectivity index is 1.52. The second-order valence-corrected chi connectivity index (χ2v) is 7.70. The lowest BCUT2D eigenvalue weighted by atomic mass is 9.73.